The lowest BCUT2D eigenvalue weighted by Gasteiger charge is -2.09. The van der Waals surface area contributed by atoms with Crippen molar-refractivity contribution in [2.45, 2.75) is 6.92 Å². The van der Waals surface area contributed by atoms with Crippen molar-refractivity contribution in [1.82, 2.24) is 9.97 Å². The Hall–Kier alpha value is -0.870. The van der Waals surface area contributed by atoms with E-state index in [4.69, 9.17) is 16.7 Å². The molecule has 0 fully saturated rings. The fraction of sp³-hybridized carbons (Fsp3) is 0.500. The van der Waals surface area contributed by atoms with Gasteiger partial charge < -0.3 is 10.4 Å². The van der Waals surface area contributed by atoms with Gasteiger partial charge in [0.2, 0.25) is 0 Å². The lowest BCUT2D eigenvalue weighted by Crippen LogP contribution is -2.15. The number of anilines is 1. The van der Waals surface area contributed by atoms with E-state index in [9.17, 15) is 0 Å². The third-order valence-electron chi connectivity index (χ3n) is 1.58. The fourth-order valence-electron chi connectivity index (χ4n) is 0.775. The molecule has 0 amide bonds. The van der Waals surface area contributed by atoms with Gasteiger partial charge in [0.1, 0.15) is 0 Å². The van der Waals surface area contributed by atoms with Crippen LogP contribution in [0, 0.1) is 5.92 Å². The smallest absolute Gasteiger partial charge is 0.171 e. The Labute approximate surface area is 82.0 Å². The minimum absolute atomic E-state index is 0.144. The van der Waals surface area contributed by atoms with Crippen LogP contribution in [-0.2, 0) is 0 Å². The SMILES string of the molecule is C[C@H](CO)CNc1nccnc1Cl. The minimum atomic E-state index is 0.144. The van der Waals surface area contributed by atoms with Gasteiger partial charge >= 0.3 is 0 Å². The van der Waals surface area contributed by atoms with Crippen molar-refractivity contribution in [3.63, 3.8) is 0 Å². The summed E-state index contributed by atoms with van der Waals surface area (Å²) >= 11 is 5.75. The second-order valence-corrected chi connectivity index (χ2v) is 3.22. The summed E-state index contributed by atoms with van der Waals surface area (Å²) in [6.45, 7) is 2.71. The number of hydrogen-bond acceptors (Lipinski definition) is 4. The maximum atomic E-state index is 8.77. The Balaban J connectivity index is 2.50. The number of halogens is 1. The van der Waals surface area contributed by atoms with E-state index in [1.165, 1.54) is 6.20 Å². The van der Waals surface area contributed by atoms with Crippen molar-refractivity contribution in [1.29, 1.82) is 0 Å². The summed E-state index contributed by atoms with van der Waals surface area (Å²) in [4.78, 5) is 7.86. The fourth-order valence-corrected chi connectivity index (χ4v) is 0.947. The molecule has 1 rings (SSSR count). The van der Waals surface area contributed by atoms with Gasteiger partial charge in [-0.1, -0.05) is 18.5 Å². The molecule has 1 aromatic heterocycles. The van der Waals surface area contributed by atoms with E-state index in [0.717, 1.165) is 0 Å². The largest absolute Gasteiger partial charge is 0.396 e. The van der Waals surface area contributed by atoms with Crippen LogP contribution >= 0.6 is 11.6 Å². The lowest BCUT2D eigenvalue weighted by atomic mass is 10.2. The first-order chi connectivity index (χ1) is 6.24. The molecule has 4 nitrogen and oxygen atoms in total. The highest BCUT2D eigenvalue weighted by Gasteiger charge is 2.03. The van der Waals surface area contributed by atoms with Gasteiger partial charge in [0.15, 0.2) is 11.0 Å². The number of nitrogens with zero attached hydrogens (tertiary/aromatic N) is 2. The molecule has 1 aromatic rings. The van der Waals surface area contributed by atoms with Crippen LogP contribution in [0.3, 0.4) is 0 Å². The first-order valence-electron chi connectivity index (χ1n) is 4.05. The normalized spacial score (nSPS) is 12.5. The highest BCUT2D eigenvalue weighted by Crippen LogP contribution is 2.14. The summed E-state index contributed by atoms with van der Waals surface area (Å²) in [5.41, 5.74) is 0. The molecule has 0 aliphatic rings. The Morgan fingerprint density at radius 3 is 2.85 bits per heavy atom. The number of rotatable bonds is 4. The molecule has 72 valence electrons. The first kappa shape index (κ1) is 10.2. The molecule has 0 saturated carbocycles. The maximum absolute atomic E-state index is 8.77. The molecule has 0 saturated heterocycles. The molecule has 1 atom stereocenters. The number of hydrogen-bond donors (Lipinski definition) is 2. The summed E-state index contributed by atoms with van der Waals surface area (Å²) in [5, 5.41) is 12.1. The molecule has 0 aliphatic heterocycles. The zero-order chi connectivity index (χ0) is 9.68. The molecule has 5 heteroatoms. The zero-order valence-electron chi connectivity index (χ0n) is 7.37. The van der Waals surface area contributed by atoms with Crippen LogP contribution in [0.1, 0.15) is 6.92 Å². The van der Waals surface area contributed by atoms with Crippen molar-refractivity contribution < 1.29 is 5.11 Å². The van der Waals surface area contributed by atoms with Gasteiger partial charge in [0.05, 0.1) is 0 Å². The first-order valence-corrected chi connectivity index (χ1v) is 4.43. The topological polar surface area (TPSA) is 58.0 Å². The van der Waals surface area contributed by atoms with Crippen molar-refractivity contribution >= 4 is 17.4 Å². The van der Waals surface area contributed by atoms with Crippen LogP contribution in [-0.4, -0.2) is 28.2 Å². The van der Waals surface area contributed by atoms with Crippen LogP contribution < -0.4 is 5.32 Å². The van der Waals surface area contributed by atoms with Gasteiger partial charge in [0, 0.05) is 25.5 Å². The summed E-state index contributed by atoms with van der Waals surface area (Å²) in [6.07, 6.45) is 3.10. The standard InChI is InChI=1S/C8H12ClN3O/c1-6(5-13)4-12-8-7(9)10-2-3-11-8/h2-3,6,13H,4-5H2,1H3,(H,11,12)/t6-/m0/s1. The number of aliphatic hydroxyl groups excluding tert-OH is 1. The molecule has 0 spiro atoms. The summed E-state index contributed by atoms with van der Waals surface area (Å²) < 4.78 is 0. The van der Waals surface area contributed by atoms with Gasteiger partial charge in [-0.05, 0) is 5.92 Å². The van der Waals surface area contributed by atoms with Crippen LogP contribution in [0.15, 0.2) is 12.4 Å². The Morgan fingerprint density at radius 2 is 2.23 bits per heavy atom. The van der Waals surface area contributed by atoms with Gasteiger partial charge in [-0.2, -0.15) is 0 Å². The molecule has 0 radical (unpaired) electrons. The minimum Gasteiger partial charge on any atom is -0.396 e. The second-order valence-electron chi connectivity index (χ2n) is 2.86. The molecule has 13 heavy (non-hydrogen) atoms. The number of aromatic nitrogens is 2. The van der Waals surface area contributed by atoms with Gasteiger partial charge in [-0.15, -0.1) is 0 Å². The molecular formula is C8H12ClN3O. The van der Waals surface area contributed by atoms with Crippen LogP contribution in [0.5, 0.6) is 0 Å². The number of aliphatic hydroxyl groups is 1. The average Bonchev–Trinajstić information content (AvgIpc) is 2.16. The Bertz CT molecular complexity index is 269. The summed E-state index contributed by atoms with van der Waals surface area (Å²) in [7, 11) is 0. The molecule has 0 unspecified atom stereocenters. The predicted octanol–water partition coefficient (Wildman–Crippen LogP) is 1.17. The molecular weight excluding hydrogens is 190 g/mol. The lowest BCUT2D eigenvalue weighted by molar-refractivity contribution is 0.244. The van der Waals surface area contributed by atoms with Gasteiger partial charge in [-0.25, -0.2) is 9.97 Å². The highest BCUT2D eigenvalue weighted by molar-refractivity contribution is 6.31. The average molecular weight is 202 g/mol. The van der Waals surface area contributed by atoms with E-state index in [1.54, 1.807) is 6.20 Å². The second kappa shape index (κ2) is 4.99. The quantitative estimate of drug-likeness (QED) is 0.768. The highest BCUT2D eigenvalue weighted by atomic mass is 35.5. The van der Waals surface area contributed by atoms with Crippen molar-refractivity contribution in [3.8, 4) is 0 Å². The van der Waals surface area contributed by atoms with Crippen LogP contribution in [0.2, 0.25) is 5.15 Å². The Kier molecular flexibility index (Phi) is 3.92. The van der Waals surface area contributed by atoms with Gasteiger partial charge in [-0.3, -0.25) is 0 Å². The summed E-state index contributed by atoms with van der Waals surface area (Å²) in [5.74, 6) is 0.738. The monoisotopic (exact) mass is 201 g/mol. The molecule has 2 N–H and O–H groups in total. The third-order valence-corrected chi connectivity index (χ3v) is 1.86. The van der Waals surface area contributed by atoms with Crippen LogP contribution in [0.25, 0.3) is 0 Å². The molecule has 0 aliphatic carbocycles. The van der Waals surface area contributed by atoms with E-state index in [0.29, 0.717) is 17.5 Å². The van der Waals surface area contributed by atoms with Crippen molar-refractivity contribution in [2.24, 2.45) is 5.92 Å². The van der Waals surface area contributed by atoms with Crippen molar-refractivity contribution in [2.75, 3.05) is 18.5 Å². The number of nitrogens with one attached hydrogen (secondary N) is 1. The molecule has 0 bridgehead atoms. The van der Waals surface area contributed by atoms with Crippen molar-refractivity contribution in [3.05, 3.63) is 17.5 Å². The zero-order valence-corrected chi connectivity index (χ0v) is 8.12. The third kappa shape index (κ3) is 3.16. The summed E-state index contributed by atoms with van der Waals surface area (Å²) in [6, 6.07) is 0. The Morgan fingerprint density at radius 1 is 1.54 bits per heavy atom. The molecule has 0 aromatic carbocycles. The van der Waals surface area contributed by atoms with Gasteiger partial charge in [0.25, 0.3) is 0 Å². The predicted molar refractivity (Wildman–Crippen MR) is 51.8 cm³/mol. The van der Waals surface area contributed by atoms with Crippen LogP contribution in [0.4, 0.5) is 5.82 Å². The van der Waals surface area contributed by atoms with E-state index in [-0.39, 0.29) is 12.5 Å². The molecule has 1 heterocycles. The maximum Gasteiger partial charge on any atom is 0.171 e. The van der Waals surface area contributed by atoms with E-state index in [2.05, 4.69) is 15.3 Å². The van der Waals surface area contributed by atoms with E-state index in [1.807, 2.05) is 6.92 Å². The van der Waals surface area contributed by atoms with E-state index >= 15 is 0 Å². The van der Waals surface area contributed by atoms with E-state index < -0.39 is 0 Å².